The van der Waals surface area contributed by atoms with Crippen molar-refractivity contribution in [2.24, 2.45) is 0 Å². The molecule has 1 aliphatic rings. The molecule has 0 bridgehead atoms. The van der Waals surface area contributed by atoms with Crippen LogP contribution in [-0.4, -0.2) is 57.8 Å². The lowest BCUT2D eigenvalue weighted by atomic mass is 10.1. The maximum atomic E-state index is 12.3. The zero-order valence-electron chi connectivity index (χ0n) is 16.6. The number of hydrogen-bond donors (Lipinski definition) is 1. The lowest BCUT2D eigenvalue weighted by molar-refractivity contribution is 0.0905. The summed E-state index contributed by atoms with van der Waals surface area (Å²) in [5.41, 5.74) is 0.339. The van der Waals surface area contributed by atoms with Gasteiger partial charge in [0.05, 0.1) is 14.9 Å². The first kappa shape index (κ1) is 22.9. The molecular weight excluding hydrogens is 447 g/mol. The molecule has 6 nitrogen and oxygen atoms in total. The quantitative estimate of drug-likeness (QED) is 0.667. The molecule has 1 N–H and O–H groups in total. The first-order valence-electron chi connectivity index (χ1n) is 9.65. The van der Waals surface area contributed by atoms with Crippen LogP contribution in [0.15, 0.2) is 47.4 Å². The summed E-state index contributed by atoms with van der Waals surface area (Å²) in [5.74, 6) is 0.435. The summed E-state index contributed by atoms with van der Waals surface area (Å²) >= 11 is 12.0. The van der Waals surface area contributed by atoms with E-state index in [4.69, 9.17) is 27.9 Å². The number of halogens is 2. The van der Waals surface area contributed by atoms with Crippen LogP contribution in [0.1, 0.15) is 23.2 Å². The van der Waals surface area contributed by atoms with Gasteiger partial charge in [0.25, 0.3) is 5.91 Å². The third-order valence-corrected chi connectivity index (χ3v) is 6.82. The van der Waals surface area contributed by atoms with Crippen molar-refractivity contribution >= 4 is 38.9 Å². The lowest BCUT2D eigenvalue weighted by Crippen LogP contribution is -2.42. The van der Waals surface area contributed by atoms with E-state index in [1.165, 1.54) is 12.1 Å². The number of nitrogens with one attached hydrogen (secondary N) is 1. The number of carbonyl (C=O) groups excluding carboxylic acids is 1. The third kappa shape index (κ3) is 6.35. The van der Waals surface area contributed by atoms with Gasteiger partial charge in [-0.3, -0.25) is 4.79 Å². The number of carbonyl (C=O) groups is 1. The zero-order chi connectivity index (χ0) is 21.7. The van der Waals surface area contributed by atoms with Gasteiger partial charge in [0, 0.05) is 44.1 Å². The van der Waals surface area contributed by atoms with Gasteiger partial charge in [0.1, 0.15) is 11.9 Å². The van der Waals surface area contributed by atoms with Gasteiger partial charge in [-0.15, -0.1) is 0 Å². The van der Waals surface area contributed by atoms with Crippen molar-refractivity contribution in [1.29, 1.82) is 0 Å². The van der Waals surface area contributed by atoms with Crippen molar-refractivity contribution in [1.82, 2.24) is 10.2 Å². The second-order valence-corrected chi connectivity index (χ2v) is 10.1. The number of benzene rings is 2. The lowest BCUT2D eigenvalue weighted by Gasteiger charge is -2.32. The molecule has 1 saturated heterocycles. The summed E-state index contributed by atoms with van der Waals surface area (Å²) in [6.45, 7) is 2.94. The second kappa shape index (κ2) is 10.0. The minimum atomic E-state index is -3.34. The molecule has 1 heterocycles. The molecule has 0 unspecified atom stereocenters. The van der Waals surface area contributed by atoms with Gasteiger partial charge in [0.15, 0.2) is 9.84 Å². The average Bonchev–Trinajstić information content (AvgIpc) is 2.71. The highest BCUT2D eigenvalue weighted by molar-refractivity contribution is 7.90. The molecule has 162 valence electrons. The number of ether oxygens (including phenoxy) is 1. The van der Waals surface area contributed by atoms with Gasteiger partial charge in [0.2, 0.25) is 0 Å². The summed E-state index contributed by atoms with van der Waals surface area (Å²) in [5, 5.41) is 3.83. The van der Waals surface area contributed by atoms with Gasteiger partial charge in [-0.1, -0.05) is 29.3 Å². The van der Waals surface area contributed by atoms with E-state index in [2.05, 4.69) is 10.2 Å². The van der Waals surface area contributed by atoms with Crippen molar-refractivity contribution in [3.63, 3.8) is 0 Å². The highest BCUT2D eigenvalue weighted by Crippen LogP contribution is 2.28. The van der Waals surface area contributed by atoms with Gasteiger partial charge >= 0.3 is 0 Å². The Morgan fingerprint density at radius 1 is 1.13 bits per heavy atom. The number of nitrogens with zero attached hydrogens (tertiary/aromatic N) is 1. The number of amides is 1. The van der Waals surface area contributed by atoms with E-state index in [-0.39, 0.29) is 16.9 Å². The van der Waals surface area contributed by atoms with Crippen LogP contribution in [0.3, 0.4) is 0 Å². The maximum Gasteiger partial charge on any atom is 0.251 e. The Balaban J connectivity index is 1.41. The van der Waals surface area contributed by atoms with Gasteiger partial charge in [-0.05, 0) is 43.2 Å². The van der Waals surface area contributed by atoms with E-state index >= 15 is 0 Å². The van der Waals surface area contributed by atoms with Gasteiger partial charge in [-0.2, -0.15) is 0 Å². The molecule has 0 saturated carbocycles. The van der Waals surface area contributed by atoms with Crippen molar-refractivity contribution < 1.29 is 17.9 Å². The van der Waals surface area contributed by atoms with Crippen LogP contribution in [0.25, 0.3) is 0 Å². The molecule has 0 aromatic heterocycles. The summed E-state index contributed by atoms with van der Waals surface area (Å²) in [6.07, 6.45) is 3.00. The van der Waals surface area contributed by atoms with Crippen molar-refractivity contribution in [2.45, 2.75) is 23.8 Å². The molecule has 9 heteroatoms. The fourth-order valence-electron chi connectivity index (χ4n) is 3.29. The van der Waals surface area contributed by atoms with Crippen LogP contribution in [0.5, 0.6) is 5.75 Å². The monoisotopic (exact) mass is 470 g/mol. The fraction of sp³-hybridized carbons (Fsp3) is 0.381. The Morgan fingerprint density at radius 3 is 2.53 bits per heavy atom. The molecule has 1 fully saturated rings. The number of likely N-dealkylation sites (tertiary alicyclic amines) is 1. The topological polar surface area (TPSA) is 75.7 Å². The minimum absolute atomic E-state index is 0.117. The number of piperidine rings is 1. The Morgan fingerprint density at radius 2 is 1.87 bits per heavy atom. The molecule has 30 heavy (non-hydrogen) atoms. The number of rotatable bonds is 7. The molecule has 0 aliphatic carbocycles. The van der Waals surface area contributed by atoms with Crippen molar-refractivity contribution in [3.05, 3.63) is 58.1 Å². The molecular formula is C21H24Cl2N2O4S. The van der Waals surface area contributed by atoms with E-state index in [0.717, 1.165) is 38.7 Å². The van der Waals surface area contributed by atoms with Gasteiger partial charge in [-0.25, -0.2) is 8.42 Å². The third-order valence-electron chi connectivity index (χ3n) is 4.97. The summed E-state index contributed by atoms with van der Waals surface area (Å²) in [4.78, 5) is 14.7. The minimum Gasteiger partial charge on any atom is -0.490 e. The Hall–Kier alpha value is -1.80. The number of sulfone groups is 1. The van der Waals surface area contributed by atoms with E-state index in [1.807, 2.05) is 6.07 Å². The molecule has 1 amide bonds. The zero-order valence-corrected chi connectivity index (χ0v) is 18.9. The normalized spacial score (nSPS) is 15.7. The molecule has 0 radical (unpaired) electrons. The van der Waals surface area contributed by atoms with Crippen molar-refractivity contribution in [2.75, 3.05) is 32.4 Å². The molecule has 1 aliphatic heterocycles. The van der Waals surface area contributed by atoms with E-state index in [0.29, 0.717) is 27.9 Å². The fourth-order valence-corrected chi connectivity index (χ4v) is 4.25. The molecule has 2 aromatic carbocycles. The molecule has 2 aromatic rings. The van der Waals surface area contributed by atoms with E-state index in [1.54, 1.807) is 24.3 Å². The molecule has 3 rings (SSSR count). The van der Waals surface area contributed by atoms with Gasteiger partial charge < -0.3 is 15.0 Å². The highest BCUT2D eigenvalue weighted by Gasteiger charge is 2.21. The average molecular weight is 471 g/mol. The van der Waals surface area contributed by atoms with Crippen LogP contribution in [0.2, 0.25) is 10.0 Å². The standard InChI is InChI=1S/C21H24Cl2N2O4S/c1-30(27,28)18-4-2-3-15(13-18)21(26)24-9-12-25-10-7-16(8-11-25)29-17-5-6-19(22)20(23)14-17/h2-6,13-14,16H,7-12H2,1H3,(H,24,26). The van der Waals surface area contributed by atoms with Crippen molar-refractivity contribution in [3.8, 4) is 5.75 Å². The Bertz CT molecular complexity index is 1010. The summed E-state index contributed by atoms with van der Waals surface area (Å²) in [7, 11) is -3.34. The smallest absolute Gasteiger partial charge is 0.251 e. The SMILES string of the molecule is CS(=O)(=O)c1cccc(C(=O)NCCN2CCC(Oc3ccc(Cl)c(Cl)c3)CC2)c1. The summed E-state index contributed by atoms with van der Waals surface area (Å²) < 4.78 is 29.3. The van der Waals surface area contributed by atoms with Crippen LogP contribution in [-0.2, 0) is 9.84 Å². The van der Waals surface area contributed by atoms with Crippen LogP contribution in [0.4, 0.5) is 0 Å². The first-order valence-corrected chi connectivity index (χ1v) is 12.3. The predicted octanol–water partition coefficient (Wildman–Crippen LogP) is 3.67. The highest BCUT2D eigenvalue weighted by atomic mass is 35.5. The van der Waals surface area contributed by atoms with Crippen LogP contribution >= 0.6 is 23.2 Å². The Kier molecular flexibility index (Phi) is 7.63. The number of hydrogen-bond acceptors (Lipinski definition) is 5. The summed E-state index contributed by atoms with van der Waals surface area (Å²) in [6, 6.07) is 11.3. The predicted molar refractivity (Wildman–Crippen MR) is 118 cm³/mol. The van der Waals surface area contributed by atoms with E-state index < -0.39 is 9.84 Å². The van der Waals surface area contributed by atoms with Crippen LogP contribution in [0, 0.1) is 0 Å². The van der Waals surface area contributed by atoms with Crippen LogP contribution < -0.4 is 10.1 Å². The van der Waals surface area contributed by atoms with E-state index in [9.17, 15) is 13.2 Å². The second-order valence-electron chi connectivity index (χ2n) is 7.29. The first-order chi connectivity index (χ1) is 14.2. The maximum absolute atomic E-state index is 12.3. The Labute approximate surface area is 187 Å². The molecule has 0 spiro atoms. The largest absolute Gasteiger partial charge is 0.490 e. The molecule has 0 atom stereocenters.